The topological polar surface area (TPSA) is 62.2 Å². The molecule has 0 atom stereocenters. The molecule has 1 amide bonds. The normalized spacial score (nSPS) is 19.1. The maximum absolute atomic E-state index is 13.4. The maximum Gasteiger partial charge on any atom is 0.269 e. The van der Waals surface area contributed by atoms with Gasteiger partial charge in [0.15, 0.2) is 11.0 Å². The van der Waals surface area contributed by atoms with Gasteiger partial charge in [0, 0.05) is 30.1 Å². The lowest BCUT2D eigenvalue weighted by Gasteiger charge is -2.16. The van der Waals surface area contributed by atoms with Crippen molar-refractivity contribution in [3.63, 3.8) is 0 Å². The Hall–Kier alpha value is -2.71. The van der Waals surface area contributed by atoms with E-state index in [1.807, 2.05) is 42.3 Å². The minimum atomic E-state index is -0.0170. The monoisotopic (exact) mass is 467 g/mol. The van der Waals surface area contributed by atoms with Gasteiger partial charge in [-0.1, -0.05) is 25.1 Å². The number of amides is 1. The smallest absolute Gasteiger partial charge is 0.269 e. The highest BCUT2D eigenvalue weighted by atomic mass is 32.2. The number of unbranched alkanes of at least 4 members (excludes halogenated alkanes) is 1. The average molecular weight is 468 g/mol. The molecule has 4 rings (SSSR count). The summed E-state index contributed by atoms with van der Waals surface area (Å²) < 4.78 is 5.36. The molecule has 0 aromatic heterocycles. The predicted molar refractivity (Wildman–Crippen MR) is 132 cm³/mol. The Morgan fingerprint density at radius 2 is 1.88 bits per heavy atom. The van der Waals surface area contributed by atoms with Crippen molar-refractivity contribution in [2.45, 2.75) is 31.6 Å². The number of benzene rings is 2. The number of ether oxygens (including phenoxy) is 1. The van der Waals surface area contributed by atoms with E-state index in [1.165, 1.54) is 11.8 Å². The highest BCUT2D eigenvalue weighted by Gasteiger charge is 2.39. The van der Waals surface area contributed by atoms with E-state index in [4.69, 9.17) is 9.73 Å². The van der Waals surface area contributed by atoms with Crippen molar-refractivity contribution < 1.29 is 14.3 Å². The number of Topliss-reactive ketones (excluding diaryl/α,β-unsaturated/α-hetero) is 1. The molecule has 2 heterocycles. The number of thioether (sulfide) groups is 2. The van der Waals surface area contributed by atoms with Crippen LogP contribution in [0.4, 0.5) is 11.4 Å². The molecule has 2 aromatic rings. The van der Waals surface area contributed by atoms with Gasteiger partial charge in [0.1, 0.15) is 10.7 Å². The molecule has 166 valence electrons. The SMILES string of the molecule is CCCCN1C(=O)/C(=C2/Sc3ccc(OC)cc3N2C)SC1=Nc1ccc(C(C)=O)cc1. The van der Waals surface area contributed by atoms with Gasteiger partial charge < -0.3 is 9.64 Å². The van der Waals surface area contributed by atoms with E-state index in [0.717, 1.165) is 39.9 Å². The first-order valence-electron chi connectivity index (χ1n) is 10.5. The molecule has 0 spiro atoms. The third-order valence-corrected chi connectivity index (χ3v) is 7.76. The van der Waals surface area contributed by atoms with Crippen LogP contribution < -0.4 is 9.64 Å². The summed E-state index contributed by atoms with van der Waals surface area (Å²) in [5, 5.41) is 1.57. The van der Waals surface area contributed by atoms with Crippen LogP contribution in [0.1, 0.15) is 37.0 Å². The third-order valence-electron chi connectivity index (χ3n) is 5.33. The first-order valence-corrected chi connectivity index (χ1v) is 12.1. The zero-order chi connectivity index (χ0) is 22.8. The highest BCUT2D eigenvalue weighted by molar-refractivity contribution is 8.19. The molecule has 1 fully saturated rings. The van der Waals surface area contributed by atoms with Crippen LogP contribution in [0.3, 0.4) is 0 Å². The lowest BCUT2D eigenvalue weighted by atomic mass is 10.1. The van der Waals surface area contributed by atoms with Crippen molar-refractivity contribution >= 4 is 51.8 Å². The number of amidine groups is 1. The molecular formula is C24H25N3O3S2. The summed E-state index contributed by atoms with van der Waals surface area (Å²) in [7, 11) is 3.62. The zero-order valence-electron chi connectivity index (χ0n) is 18.5. The van der Waals surface area contributed by atoms with Crippen molar-refractivity contribution in [3.05, 3.63) is 58.0 Å². The van der Waals surface area contributed by atoms with E-state index >= 15 is 0 Å². The summed E-state index contributed by atoms with van der Waals surface area (Å²) in [5.41, 5.74) is 2.39. The van der Waals surface area contributed by atoms with Crippen LogP contribution in [0, 0.1) is 0 Å². The Morgan fingerprint density at radius 1 is 1.12 bits per heavy atom. The molecule has 0 bridgehead atoms. The molecule has 0 radical (unpaired) electrons. The second-order valence-corrected chi connectivity index (χ2v) is 9.55. The van der Waals surface area contributed by atoms with Gasteiger partial charge in [-0.25, -0.2) is 4.99 Å². The number of hydrogen-bond acceptors (Lipinski definition) is 7. The van der Waals surface area contributed by atoms with Crippen molar-refractivity contribution in [1.82, 2.24) is 4.90 Å². The Labute approximate surface area is 196 Å². The maximum atomic E-state index is 13.4. The summed E-state index contributed by atoms with van der Waals surface area (Å²) in [5.74, 6) is 0.786. The third kappa shape index (κ3) is 4.29. The summed E-state index contributed by atoms with van der Waals surface area (Å²) in [6.45, 7) is 4.27. The van der Waals surface area contributed by atoms with Crippen LogP contribution in [-0.4, -0.2) is 42.5 Å². The van der Waals surface area contributed by atoms with Crippen LogP contribution in [0.15, 0.2) is 62.3 Å². The van der Waals surface area contributed by atoms with Crippen molar-refractivity contribution in [2.24, 2.45) is 4.99 Å². The van der Waals surface area contributed by atoms with Crippen LogP contribution >= 0.6 is 23.5 Å². The quantitative estimate of drug-likeness (QED) is 0.403. The van der Waals surface area contributed by atoms with Crippen LogP contribution in [0.2, 0.25) is 0 Å². The van der Waals surface area contributed by atoms with Gasteiger partial charge in [0.05, 0.1) is 23.5 Å². The zero-order valence-corrected chi connectivity index (χ0v) is 20.2. The number of methoxy groups -OCH3 is 1. The van der Waals surface area contributed by atoms with Crippen molar-refractivity contribution in [1.29, 1.82) is 0 Å². The molecule has 0 saturated carbocycles. The first kappa shape index (κ1) is 22.5. The Kier molecular flexibility index (Phi) is 6.62. The van der Waals surface area contributed by atoms with E-state index in [2.05, 4.69) is 6.92 Å². The minimum absolute atomic E-state index is 0.0170. The number of hydrogen-bond donors (Lipinski definition) is 0. The second-order valence-electron chi connectivity index (χ2n) is 7.54. The van der Waals surface area contributed by atoms with Gasteiger partial charge in [0.2, 0.25) is 0 Å². The van der Waals surface area contributed by atoms with E-state index in [9.17, 15) is 9.59 Å². The van der Waals surface area contributed by atoms with Gasteiger partial charge >= 0.3 is 0 Å². The highest BCUT2D eigenvalue weighted by Crippen LogP contribution is 2.51. The number of nitrogens with zero attached hydrogens (tertiary/aromatic N) is 3. The number of fused-ring (bicyclic) bond motifs is 1. The number of rotatable bonds is 6. The first-order chi connectivity index (χ1) is 15.4. The van der Waals surface area contributed by atoms with Crippen LogP contribution in [0.5, 0.6) is 5.75 Å². The van der Waals surface area contributed by atoms with Crippen LogP contribution in [0.25, 0.3) is 0 Å². The molecule has 8 heteroatoms. The van der Waals surface area contributed by atoms with E-state index in [-0.39, 0.29) is 11.7 Å². The summed E-state index contributed by atoms with van der Waals surface area (Å²) in [6.07, 6.45) is 1.89. The van der Waals surface area contributed by atoms with Gasteiger partial charge in [-0.2, -0.15) is 0 Å². The number of ketones is 1. The van der Waals surface area contributed by atoms with Gasteiger partial charge in [-0.3, -0.25) is 14.5 Å². The second kappa shape index (κ2) is 9.42. The Morgan fingerprint density at radius 3 is 2.53 bits per heavy atom. The number of aliphatic imine (C=N–C) groups is 1. The molecule has 0 unspecified atom stereocenters. The molecule has 2 aromatic carbocycles. The number of anilines is 1. The molecule has 0 aliphatic carbocycles. The molecule has 32 heavy (non-hydrogen) atoms. The number of carbonyl (C=O) groups excluding carboxylic acids is 2. The molecule has 2 aliphatic heterocycles. The predicted octanol–water partition coefficient (Wildman–Crippen LogP) is 5.67. The van der Waals surface area contributed by atoms with Crippen molar-refractivity contribution in [3.8, 4) is 5.75 Å². The van der Waals surface area contributed by atoms with Crippen molar-refractivity contribution in [2.75, 3.05) is 25.6 Å². The van der Waals surface area contributed by atoms with Gasteiger partial charge in [-0.15, -0.1) is 0 Å². The minimum Gasteiger partial charge on any atom is -0.497 e. The van der Waals surface area contributed by atoms with Crippen LogP contribution in [-0.2, 0) is 4.79 Å². The fourth-order valence-electron chi connectivity index (χ4n) is 3.47. The standard InChI is InChI=1S/C24H25N3O3S2/c1-5-6-13-27-22(29)21(23-26(3)19-14-18(30-4)11-12-20(19)31-23)32-24(27)25-17-9-7-16(8-10-17)15(2)28/h7-12,14H,5-6,13H2,1-4H3/b23-21-,25-24?. The number of carbonyl (C=O) groups is 2. The lowest BCUT2D eigenvalue weighted by Crippen LogP contribution is -2.30. The van der Waals surface area contributed by atoms with E-state index in [1.54, 1.807) is 42.8 Å². The fraction of sp³-hybridized carbons (Fsp3) is 0.292. The summed E-state index contributed by atoms with van der Waals surface area (Å²) in [4.78, 5) is 35.3. The molecule has 0 N–H and O–H groups in total. The van der Waals surface area contributed by atoms with E-state index < -0.39 is 0 Å². The molecule has 1 saturated heterocycles. The molecule has 6 nitrogen and oxygen atoms in total. The molecule has 2 aliphatic rings. The van der Waals surface area contributed by atoms with Gasteiger partial charge in [-0.05, 0) is 61.5 Å². The Bertz CT molecular complexity index is 1130. The van der Waals surface area contributed by atoms with Gasteiger partial charge in [0.25, 0.3) is 5.91 Å². The fourth-order valence-corrected chi connectivity index (χ4v) is 5.82. The summed E-state index contributed by atoms with van der Waals surface area (Å²) in [6, 6.07) is 13.1. The Balaban J connectivity index is 1.69. The average Bonchev–Trinajstić information content (AvgIpc) is 3.28. The molecular weight excluding hydrogens is 442 g/mol. The lowest BCUT2D eigenvalue weighted by molar-refractivity contribution is -0.122. The summed E-state index contributed by atoms with van der Waals surface area (Å²) >= 11 is 3.00. The largest absolute Gasteiger partial charge is 0.497 e. The van der Waals surface area contributed by atoms with E-state index in [0.29, 0.717) is 22.2 Å².